The predicted octanol–water partition coefficient (Wildman–Crippen LogP) is 5.00. The number of fused-ring (bicyclic) bond motifs is 1. The molecule has 3 aromatic rings. The second kappa shape index (κ2) is 13.8. The van der Waals surface area contributed by atoms with Gasteiger partial charge in [-0.25, -0.2) is 18.4 Å². The lowest BCUT2D eigenvalue weighted by molar-refractivity contribution is -0.128. The molecule has 0 radical (unpaired) electrons. The molecule has 1 aromatic carbocycles. The van der Waals surface area contributed by atoms with Gasteiger partial charge in [0.05, 0.1) is 23.9 Å². The second-order valence-corrected chi connectivity index (χ2v) is 16.3. The maximum Gasteiger partial charge on any atom is 0.246 e. The number of carbonyl (C=O) groups is 1. The molecular formula is C36H50N8O4S. The number of sulfonamides is 1. The number of amides is 1. The number of anilines is 4. The Morgan fingerprint density at radius 1 is 1.10 bits per heavy atom. The summed E-state index contributed by atoms with van der Waals surface area (Å²) in [4.78, 5) is 33.5. The Morgan fingerprint density at radius 2 is 1.86 bits per heavy atom. The molecule has 49 heavy (non-hydrogen) atoms. The molecule has 0 unspecified atom stereocenters. The molecule has 264 valence electrons. The van der Waals surface area contributed by atoms with Gasteiger partial charge in [-0.2, -0.15) is 9.29 Å². The number of pyridine rings is 1. The highest BCUT2D eigenvalue weighted by Gasteiger charge is 2.44. The molecule has 12 nitrogen and oxygen atoms in total. The van der Waals surface area contributed by atoms with Crippen LogP contribution in [0.3, 0.4) is 0 Å². The fraction of sp³-hybridized carbons (Fsp3) is 0.556. The molecule has 1 amide bonds. The summed E-state index contributed by atoms with van der Waals surface area (Å²) in [5, 5.41) is 15.7. The largest absolute Gasteiger partial charge is 0.390 e. The number of likely N-dealkylation sites (tertiary alicyclic amines) is 1. The van der Waals surface area contributed by atoms with E-state index in [2.05, 4.69) is 45.7 Å². The fourth-order valence-electron chi connectivity index (χ4n) is 7.77. The van der Waals surface area contributed by atoms with E-state index < -0.39 is 15.6 Å². The number of rotatable bonds is 9. The molecule has 6 rings (SSSR count). The lowest BCUT2D eigenvalue weighted by Crippen LogP contribution is -2.68. The van der Waals surface area contributed by atoms with Gasteiger partial charge in [-0.05, 0) is 88.6 Å². The van der Waals surface area contributed by atoms with Crippen molar-refractivity contribution in [2.24, 2.45) is 0 Å². The third kappa shape index (κ3) is 7.25. The van der Waals surface area contributed by atoms with Crippen molar-refractivity contribution in [2.75, 3.05) is 47.6 Å². The number of aromatic nitrogens is 3. The first-order valence-electron chi connectivity index (χ1n) is 17.5. The van der Waals surface area contributed by atoms with E-state index in [9.17, 15) is 18.3 Å². The zero-order valence-electron chi connectivity index (χ0n) is 29.3. The summed E-state index contributed by atoms with van der Waals surface area (Å²) in [6, 6.07) is 7.64. The first kappa shape index (κ1) is 35.0. The SMILES string of the molecule is C=CC(=O)N1CCCCC[C@H]1c1ccc(N2C[C@H](N(C(C)C)S(C)(=O)=O)[C@H]2C)c2cnc(Nc3ccnc(N4CCC(C)(O)CC4)n3)cc12. The molecule has 5 heterocycles. The van der Waals surface area contributed by atoms with Crippen LogP contribution < -0.4 is 15.1 Å². The third-order valence-electron chi connectivity index (χ3n) is 10.5. The molecule has 13 heteroatoms. The minimum atomic E-state index is -3.38. The molecule has 0 saturated carbocycles. The highest BCUT2D eigenvalue weighted by Crippen LogP contribution is 2.42. The van der Waals surface area contributed by atoms with Crippen LogP contribution in [-0.2, 0) is 14.8 Å². The predicted molar refractivity (Wildman–Crippen MR) is 195 cm³/mol. The Labute approximate surface area is 290 Å². The van der Waals surface area contributed by atoms with Gasteiger partial charge < -0.3 is 25.1 Å². The highest BCUT2D eigenvalue weighted by molar-refractivity contribution is 7.88. The second-order valence-electron chi connectivity index (χ2n) is 14.4. The van der Waals surface area contributed by atoms with Crippen molar-refractivity contribution in [2.45, 2.75) is 96.0 Å². The maximum absolute atomic E-state index is 13.1. The highest BCUT2D eigenvalue weighted by atomic mass is 32.2. The van der Waals surface area contributed by atoms with Crippen molar-refractivity contribution in [1.82, 2.24) is 24.2 Å². The molecule has 3 aliphatic rings. The van der Waals surface area contributed by atoms with E-state index in [4.69, 9.17) is 9.97 Å². The van der Waals surface area contributed by atoms with Gasteiger partial charge in [-0.15, -0.1) is 0 Å². The lowest BCUT2D eigenvalue weighted by Gasteiger charge is -2.53. The van der Waals surface area contributed by atoms with E-state index in [0.717, 1.165) is 47.7 Å². The molecule has 3 saturated heterocycles. The summed E-state index contributed by atoms with van der Waals surface area (Å²) in [7, 11) is -3.38. The van der Waals surface area contributed by atoms with Gasteiger partial charge >= 0.3 is 0 Å². The van der Waals surface area contributed by atoms with E-state index in [1.54, 1.807) is 10.5 Å². The monoisotopic (exact) mass is 690 g/mol. The van der Waals surface area contributed by atoms with Crippen molar-refractivity contribution in [3.05, 3.63) is 54.9 Å². The van der Waals surface area contributed by atoms with Crippen LogP contribution in [0.1, 0.15) is 77.8 Å². The number of benzene rings is 1. The van der Waals surface area contributed by atoms with Crippen LogP contribution >= 0.6 is 0 Å². The summed E-state index contributed by atoms with van der Waals surface area (Å²) >= 11 is 0. The Balaban J connectivity index is 1.37. The summed E-state index contributed by atoms with van der Waals surface area (Å²) < 4.78 is 27.1. The molecule has 0 spiro atoms. The lowest BCUT2D eigenvalue weighted by atomic mass is 9.91. The van der Waals surface area contributed by atoms with Crippen LogP contribution in [0.2, 0.25) is 0 Å². The van der Waals surface area contributed by atoms with Gasteiger partial charge in [-0.3, -0.25) is 4.79 Å². The number of piperidine rings is 1. The van der Waals surface area contributed by atoms with Gasteiger partial charge in [0.1, 0.15) is 11.6 Å². The summed E-state index contributed by atoms with van der Waals surface area (Å²) in [6.07, 6.45) is 11.5. The van der Waals surface area contributed by atoms with E-state index in [1.165, 1.54) is 12.3 Å². The van der Waals surface area contributed by atoms with Gasteiger partial charge in [-0.1, -0.05) is 25.5 Å². The van der Waals surface area contributed by atoms with Crippen molar-refractivity contribution in [3.63, 3.8) is 0 Å². The van der Waals surface area contributed by atoms with Gasteiger partial charge in [0.2, 0.25) is 21.9 Å². The van der Waals surface area contributed by atoms with E-state index in [1.807, 2.05) is 44.0 Å². The smallest absolute Gasteiger partial charge is 0.246 e. The number of carbonyl (C=O) groups excluding carboxylic acids is 1. The number of hydrogen-bond donors (Lipinski definition) is 2. The zero-order chi connectivity index (χ0) is 35.1. The van der Waals surface area contributed by atoms with Crippen molar-refractivity contribution >= 4 is 50.0 Å². The molecule has 2 N–H and O–H groups in total. The van der Waals surface area contributed by atoms with Crippen molar-refractivity contribution < 1.29 is 18.3 Å². The van der Waals surface area contributed by atoms with Gasteiger partial charge in [0, 0.05) is 61.7 Å². The van der Waals surface area contributed by atoms with E-state index in [-0.39, 0.29) is 30.1 Å². The van der Waals surface area contributed by atoms with Crippen LogP contribution in [0, 0.1) is 0 Å². The standard InChI is InChI=1S/C36H50N8O4S/c1-7-34(45)42-18-10-8-9-11-29(42)26-12-13-30(43-23-31(25(43)4)44(24(2)3)49(6,47)48)28-22-38-33(21-27(26)28)39-32-14-17-37-35(40-32)41-19-15-36(5,46)16-20-41/h7,12-14,17,21-22,24-25,29,31,46H,1,8-11,15-16,18-20,23H2,2-6H3,(H,37,38,39,40)/t25-,29+,31+/m1/s1. The zero-order valence-corrected chi connectivity index (χ0v) is 30.2. The quantitative estimate of drug-likeness (QED) is 0.296. The number of nitrogens with zero attached hydrogens (tertiary/aromatic N) is 7. The molecular weight excluding hydrogens is 641 g/mol. The normalized spacial score (nSPS) is 23.0. The molecule has 0 aliphatic carbocycles. The maximum atomic E-state index is 13.1. The minimum Gasteiger partial charge on any atom is -0.390 e. The van der Waals surface area contributed by atoms with Crippen LogP contribution in [0.4, 0.5) is 23.3 Å². The number of hydrogen-bond acceptors (Lipinski definition) is 10. The number of nitrogens with one attached hydrogen (secondary N) is 1. The van der Waals surface area contributed by atoms with E-state index >= 15 is 0 Å². The number of aliphatic hydroxyl groups is 1. The molecule has 0 bridgehead atoms. The summed E-state index contributed by atoms with van der Waals surface area (Å²) in [5.41, 5.74) is 1.37. The summed E-state index contributed by atoms with van der Waals surface area (Å²) in [5.74, 6) is 1.76. The summed E-state index contributed by atoms with van der Waals surface area (Å²) in [6.45, 7) is 14.2. The topological polar surface area (TPSA) is 135 Å². The van der Waals surface area contributed by atoms with Gasteiger partial charge in [0.15, 0.2) is 0 Å². The van der Waals surface area contributed by atoms with E-state index in [0.29, 0.717) is 56.6 Å². The molecule has 3 aliphatic heterocycles. The third-order valence-corrected chi connectivity index (χ3v) is 11.9. The fourth-order valence-corrected chi connectivity index (χ4v) is 9.27. The Hall–Kier alpha value is -3.81. The molecule has 3 atom stereocenters. The van der Waals surface area contributed by atoms with Gasteiger partial charge in [0.25, 0.3) is 0 Å². The van der Waals surface area contributed by atoms with Crippen molar-refractivity contribution in [1.29, 1.82) is 0 Å². The average molecular weight is 691 g/mol. The Morgan fingerprint density at radius 3 is 2.53 bits per heavy atom. The average Bonchev–Trinajstić information content (AvgIpc) is 3.31. The van der Waals surface area contributed by atoms with Crippen LogP contribution in [0.5, 0.6) is 0 Å². The first-order chi connectivity index (χ1) is 23.3. The van der Waals surface area contributed by atoms with Crippen molar-refractivity contribution in [3.8, 4) is 0 Å². The molecule has 3 fully saturated rings. The molecule has 2 aromatic heterocycles. The first-order valence-corrected chi connectivity index (χ1v) is 19.3. The Kier molecular flexibility index (Phi) is 9.89. The van der Waals surface area contributed by atoms with Crippen LogP contribution in [-0.4, -0.2) is 99.7 Å². The van der Waals surface area contributed by atoms with Crippen LogP contribution in [0.25, 0.3) is 10.8 Å². The minimum absolute atomic E-state index is 0.0429. The Bertz CT molecular complexity index is 1810. The van der Waals surface area contributed by atoms with Crippen LogP contribution in [0.15, 0.2) is 49.3 Å².